The molecular formula is C9H23B2N. The number of hydrogen-bond acceptors (Lipinski definition) is 1. The Balaban J connectivity index is 4.02. The molecule has 0 N–H and O–H groups in total. The maximum atomic E-state index is 2.56. The second kappa shape index (κ2) is 6.59. The molecule has 3 heteroatoms. The van der Waals surface area contributed by atoms with Gasteiger partial charge in [-0.25, -0.2) is 0 Å². The van der Waals surface area contributed by atoms with Crippen molar-refractivity contribution in [3.8, 4) is 0 Å². The van der Waals surface area contributed by atoms with Gasteiger partial charge >= 0.3 is 0 Å². The first-order valence-electron chi connectivity index (χ1n) is 5.43. The summed E-state index contributed by atoms with van der Waals surface area (Å²) >= 11 is 0. The Morgan fingerprint density at radius 1 is 0.750 bits per heavy atom. The SMILES string of the molecule is CCB(CC)N(C)B(CC)CC. The van der Waals surface area contributed by atoms with Crippen LogP contribution in [0.25, 0.3) is 0 Å². The van der Waals surface area contributed by atoms with Crippen molar-refractivity contribution in [1.29, 1.82) is 0 Å². The summed E-state index contributed by atoms with van der Waals surface area (Å²) < 4.78 is 2.56. The fourth-order valence-electron chi connectivity index (χ4n) is 2.03. The van der Waals surface area contributed by atoms with Crippen LogP contribution in [0.4, 0.5) is 0 Å². The van der Waals surface area contributed by atoms with E-state index in [-0.39, 0.29) is 0 Å². The Morgan fingerprint density at radius 3 is 1.17 bits per heavy atom. The largest absolute Gasteiger partial charge is 0.386 e. The van der Waals surface area contributed by atoms with Gasteiger partial charge in [-0.05, 0) is 7.05 Å². The maximum absolute atomic E-state index is 2.56. The number of hydrogen-bond donors (Lipinski definition) is 0. The Morgan fingerprint density at radius 2 is 1.00 bits per heavy atom. The van der Waals surface area contributed by atoms with Crippen LogP contribution >= 0.6 is 0 Å². The van der Waals surface area contributed by atoms with Crippen LogP contribution in [0.1, 0.15) is 27.7 Å². The summed E-state index contributed by atoms with van der Waals surface area (Å²) in [5.74, 6) is 0. The van der Waals surface area contributed by atoms with Crippen LogP contribution in [-0.4, -0.2) is 25.5 Å². The highest BCUT2D eigenvalue weighted by Crippen LogP contribution is 2.10. The van der Waals surface area contributed by atoms with Gasteiger partial charge in [0.05, 0.1) is 0 Å². The monoisotopic (exact) mass is 167 g/mol. The maximum Gasteiger partial charge on any atom is 0.211 e. The van der Waals surface area contributed by atoms with Crippen molar-refractivity contribution in [2.75, 3.05) is 7.05 Å². The van der Waals surface area contributed by atoms with Crippen molar-refractivity contribution in [2.24, 2.45) is 0 Å². The van der Waals surface area contributed by atoms with Gasteiger partial charge in [0.2, 0.25) is 13.7 Å². The van der Waals surface area contributed by atoms with Gasteiger partial charge in [-0.15, -0.1) is 0 Å². The smallest absolute Gasteiger partial charge is 0.211 e. The van der Waals surface area contributed by atoms with E-state index in [1.807, 2.05) is 0 Å². The average molecular weight is 167 g/mol. The van der Waals surface area contributed by atoms with Crippen molar-refractivity contribution in [2.45, 2.75) is 53.0 Å². The highest BCUT2D eigenvalue weighted by Gasteiger charge is 2.23. The van der Waals surface area contributed by atoms with Crippen molar-refractivity contribution >= 4 is 13.7 Å². The van der Waals surface area contributed by atoms with Crippen molar-refractivity contribution in [3.63, 3.8) is 0 Å². The molecule has 0 amide bonds. The summed E-state index contributed by atoms with van der Waals surface area (Å²) in [6.45, 7) is 10.7. The highest BCUT2D eigenvalue weighted by molar-refractivity contribution is 6.72. The number of rotatable bonds is 6. The van der Waals surface area contributed by atoms with E-state index in [4.69, 9.17) is 0 Å². The molecule has 0 bridgehead atoms. The topological polar surface area (TPSA) is 3.24 Å². The summed E-state index contributed by atoms with van der Waals surface area (Å²) in [7, 11) is 2.27. The first-order chi connectivity index (χ1) is 5.71. The number of nitrogens with zero attached hydrogens (tertiary/aromatic N) is 1. The lowest BCUT2D eigenvalue weighted by molar-refractivity contribution is 0.767. The minimum atomic E-state index is 0.787. The van der Waals surface area contributed by atoms with Gasteiger partial charge in [0.25, 0.3) is 0 Å². The molecule has 70 valence electrons. The first kappa shape index (κ1) is 12.1. The molecule has 0 radical (unpaired) electrons. The molecule has 0 saturated carbocycles. The Kier molecular flexibility index (Phi) is 6.64. The molecule has 0 unspecified atom stereocenters. The van der Waals surface area contributed by atoms with E-state index in [0.29, 0.717) is 0 Å². The fraction of sp³-hybridized carbons (Fsp3) is 1.00. The third kappa shape index (κ3) is 3.22. The van der Waals surface area contributed by atoms with Crippen molar-refractivity contribution < 1.29 is 0 Å². The second-order valence-corrected chi connectivity index (χ2v) is 3.61. The van der Waals surface area contributed by atoms with Crippen LogP contribution in [0.5, 0.6) is 0 Å². The predicted molar refractivity (Wildman–Crippen MR) is 61.2 cm³/mol. The average Bonchev–Trinajstić information content (AvgIpc) is 2.09. The van der Waals surface area contributed by atoms with Crippen molar-refractivity contribution in [1.82, 2.24) is 4.72 Å². The molecular weight excluding hydrogens is 144 g/mol. The lowest BCUT2D eigenvalue weighted by atomic mass is 9.43. The summed E-state index contributed by atoms with van der Waals surface area (Å²) in [4.78, 5) is 0. The normalized spacial score (nSPS) is 10.5. The van der Waals surface area contributed by atoms with Crippen LogP contribution in [0.2, 0.25) is 25.3 Å². The van der Waals surface area contributed by atoms with E-state index >= 15 is 0 Å². The van der Waals surface area contributed by atoms with Crippen LogP contribution in [0.3, 0.4) is 0 Å². The van der Waals surface area contributed by atoms with E-state index in [1.54, 1.807) is 0 Å². The van der Waals surface area contributed by atoms with Crippen molar-refractivity contribution in [3.05, 3.63) is 0 Å². The quantitative estimate of drug-likeness (QED) is 0.549. The molecule has 0 aliphatic rings. The summed E-state index contributed by atoms with van der Waals surface area (Å²) in [5.41, 5.74) is 0. The minimum absolute atomic E-state index is 0.787. The van der Waals surface area contributed by atoms with Gasteiger partial charge in [0.1, 0.15) is 0 Å². The van der Waals surface area contributed by atoms with Gasteiger partial charge in [0.15, 0.2) is 0 Å². The minimum Gasteiger partial charge on any atom is -0.386 e. The van der Waals surface area contributed by atoms with Gasteiger partial charge in [-0.2, -0.15) is 0 Å². The molecule has 0 aromatic rings. The van der Waals surface area contributed by atoms with Crippen LogP contribution in [0, 0.1) is 0 Å². The Bertz CT molecular complexity index is 88.7. The molecule has 0 spiro atoms. The standard InChI is InChI=1S/C9H23B2N/c1-6-10(7-2)12(5)11(8-3)9-4/h6-9H2,1-5H3. The lowest BCUT2D eigenvalue weighted by Crippen LogP contribution is -2.45. The Hall–Kier alpha value is 0.0899. The molecule has 0 fully saturated rings. The Labute approximate surface area is 79.1 Å². The van der Waals surface area contributed by atoms with Gasteiger partial charge in [-0.3, -0.25) is 0 Å². The summed E-state index contributed by atoms with van der Waals surface area (Å²) in [5, 5.41) is 0. The van der Waals surface area contributed by atoms with E-state index < -0.39 is 0 Å². The zero-order valence-electron chi connectivity index (χ0n) is 9.43. The first-order valence-corrected chi connectivity index (χ1v) is 5.43. The van der Waals surface area contributed by atoms with Gasteiger partial charge in [-0.1, -0.05) is 53.0 Å². The third-order valence-electron chi connectivity index (χ3n) is 3.04. The van der Waals surface area contributed by atoms with Crippen LogP contribution < -0.4 is 0 Å². The molecule has 0 aliphatic carbocycles. The second-order valence-electron chi connectivity index (χ2n) is 3.61. The zero-order chi connectivity index (χ0) is 9.56. The molecule has 0 saturated heterocycles. The van der Waals surface area contributed by atoms with Crippen LogP contribution in [-0.2, 0) is 0 Å². The molecule has 0 heterocycles. The molecule has 12 heavy (non-hydrogen) atoms. The molecule has 0 aliphatic heterocycles. The molecule has 0 aromatic heterocycles. The fourth-order valence-corrected chi connectivity index (χ4v) is 2.03. The van der Waals surface area contributed by atoms with E-state index in [9.17, 15) is 0 Å². The van der Waals surface area contributed by atoms with Gasteiger partial charge in [0, 0.05) is 0 Å². The molecule has 0 atom stereocenters. The zero-order valence-corrected chi connectivity index (χ0v) is 9.43. The predicted octanol–water partition coefficient (Wildman–Crippen LogP) is 2.98. The van der Waals surface area contributed by atoms with Gasteiger partial charge < -0.3 is 4.72 Å². The van der Waals surface area contributed by atoms with E-state index in [2.05, 4.69) is 39.5 Å². The van der Waals surface area contributed by atoms with E-state index in [1.165, 1.54) is 25.3 Å². The van der Waals surface area contributed by atoms with Crippen LogP contribution in [0.15, 0.2) is 0 Å². The third-order valence-corrected chi connectivity index (χ3v) is 3.04. The lowest BCUT2D eigenvalue weighted by Gasteiger charge is -2.29. The summed E-state index contributed by atoms with van der Waals surface area (Å²) in [6, 6.07) is 0. The molecule has 0 aromatic carbocycles. The molecule has 0 rings (SSSR count). The van der Waals surface area contributed by atoms with E-state index in [0.717, 1.165) is 13.7 Å². The highest BCUT2D eigenvalue weighted by atomic mass is 14.9. The summed E-state index contributed by atoms with van der Waals surface area (Å²) in [6.07, 6.45) is 5.12. The molecule has 1 nitrogen and oxygen atoms in total.